The van der Waals surface area contributed by atoms with Crippen LogP contribution < -0.4 is 0 Å². The van der Waals surface area contributed by atoms with Crippen LogP contribution in [0, 0.1) is 5.92 Å². The molecule has 0 aromatic heterocycles. The van der Waals surface area contributed by atoms with E-state index in [-0.39, 0.29) is 6.54 Å². The van der Waals surface area contributed by atoms with Gasteiger partial charge in [-0.05, 0) is 12.5 Å². The summed E-state index contributed by atoms with van der Waals surface area (Å²) >= 11 is 0. The molecule has 1 atom stereocenters. The third kappa shape index (κ3) is 1.95. The normalized spacial score (nSPS) is 19.5. The number of imide groups is 1. The average Bonchev–Trinajstić information content (AvgIpc) is 2.55. The number of benzene rings is 1. The van der Waals surface area contributed by atoms with E-state index in [1.165, 1.54) is 0 Å². The Labute approximate surface area is 103 Å². The van der Waals surface area contributed by atoms with Crippen LogP contribution in [0.25, 0.3) is 0 Å². The quantitative estimate of drug-likeness (QED) is 0.437. The topological polar surface area (TPSA) is 71.5 Å². The summed E-state index contributed by atoms with van der Waals surface area (Å²) < 4.78 is 0. The van der Waals surface area contributed by atoms with Crippen molar-refractivity contribution >= 4 is 23.4 Å². The van der Waals surface area contributed by atoms with Crippen LogP contribution in [0.5, 0.6) is 0 Å². The van der Waals surface area contributed by atoms with E-state index < -0.39 is 29.3 Å². The van der Waals surface area contributed by atoms with E-state index in [2.05, 4.69) is 0 Å². The zero-order valence-corrected chi connectivity index (χ0v) is 9.75. The lowest BCUT2D eigenvalue weighted by atomic mass is 10.0. The van der Waals surface area contributed by atoms with Crippen LogP contribution in [-0.2, 0) is 25.7 Å². The minimum Gasteiger partial charge on any atom is -0.299 e. The Kier molecular flexibility index (Phi) is 3.06. The summed E-state index contributed by atoms with van der Waals surface area (Å²) in [5, 5.41) is 0. The zero-order valence-electron chi connectivity index (χ0n) is 9.75. The van der Waals surface area contributed by atoms with Crippen LogP contribution in [0.4, 0.5) is 0 Å². The number of carbonyl (C=O) groups excluding carboxylic acids is 4. The van der Waals surface area contributed by atoms with Crippen molar-refractivity contribution in [2.75, 3.05) is 0 Å². The van der Waals surface area contributed by atoms with Gasteiger partial charge in [-0.3, -0.25) is 24.1 Å². The van der Waals surface area contributed by atoms with Crippen LogP contribution in [0.2, 0.25) is 0 Å². The molecule has 1 saturated heterocycles. The fourth-order valence-electron chi connectivity index (χ4n) is 1.90. The van der Waals surface area contributed by atoms with E-state index in [1.807, 2.05) is 0 Å². The van der Waals surface area contributed by atoms with Crippen molar-refractivity contribution in [3.63, 3.8) is 0 Å². The maximum absolute atomic E-state index is 11.8. The molecule has 1 heterocycles. The predicted octanol–water partition coefficient (Wildman–Crippen LogP) is 0.330. The number of Topliss-reactive ketones (excluding diaryl/α,β-unsaturated/α-hetero) is 2. The van der Waals surface area contributed by atoms with Crippen LogP contribution in [0.3, 0.4) is 0 Å². The molecule has 0 bridgehead atoms. The maximum Gasteiger partial charge on any atom is 0.298 e. The van der Waals surface area contributed by atoms with Gasteiger partial charge >= 0.3 is 0 Å². The highest BCUT2D eigenvalue weighted by Crippen LogP contribution is 2.19. The molecule has 0 N–H and O–H groups in total. The maximum atomic E-state index is 11.8. The van der Waals surface area contributed by atoms with Crippen molar-refractivity contribution < 1.29 is 19.2 Å². The fraction of sp³-hybridized carbons (Fsp3) is 0.231. The molecule has 1 fully saturated rings. The number of rotatable bonds is 3. The summed E-state index contributed by atoms with van der Waals surface area (Å²) in [5.41, 5.74) is 0.733. The molecule has 18 heavy (non-hydrogen) atoms. The zero-order chi connectivity index (χ0) is 13.3. The highest BCUT2D eigenvalue weighted by Gasteiger charge is 2.49. The highest BCUT2D eigenvalue weighted by molar-refractivity contribution is 6.52. The molecule has 0 spiro atoms. The smallest absolute Gasteiger partial charge is 0.298 e. The summed E-state index contributed by atoms with van der Waals surface area (Å²) in [6.07, 6.45) is 0. The second-order valence-corrected chi connectivity index (χ2v) is 4.12. The van der Waals surface area contributed by atoms with Crippen molar-refractivity contribution in [3.8, 4) is 0 Å². The van der Waals surface area contributed by atoms with Crippen LogP contribution >= 0.6 is 0 Å². The summed E-state index contributed by atoms with van der Waals surface area (Å²) in [4.78, 5) is 47.0. The van der Waals surface area contributed by atoms with Crippen molar-refractivity contribution in [2.45, 2.75) is 13.5 Å². The second-order valence-electron chi connectivity index (χ2n) is 4.12. The Morgan fingerprint density at radius 3 is 2.28 bits per heavy atom. The molecule has 1 aromatic rings. The Morgan fingerprint density at radius 1 is 1.17 bits per heavy atom. The van der Waals surface area contributed by atoms with E-state index in [0.29, 0.717) is 0 Å². The summed E-state index contributed by atoms with van der Waals surface area (Å²) in [6, 6.07) is 8.83. The molecule has 0 unspecified atom stereocenters. The van der Waals surface area contributed by atoms with Gasteiger partial charge in [0.25, 0.3) is 5.91 Å². The van der Waals surface area contributed by atoms with Gasteiger partial charge in [0.15, 0.2) is 5.92 Å². The van der Waals surface area contributed by atoms with Crippen molar-refractivity contribution in [1.82, 2.24) is 4.90 Å². The van der Waals surface area contributed by atoms with E-state index in [9.17, 15) is 19.2 Å². The molecular weight excluding hydrogens is 234 g/mol. The minimum atomic E-state index is -1.44. The molecular formula is C13H11NO4. The summed E-state index contributed by atoms with van der Waals surface area (Å²) in [7, 11) is 0. The average molecular weight is 245 g/mol. The first-order chi connectivity index (χ1) is 8.52. The summed E-state index contributed by atoms with van der Waals surface area (Å²) in [6.45, 7) is 1.16. The van der Waals surface area contributed by atoms with Gasteiger partial charge < -0.3 is 0 Å². The van der Waals surface area contributed by atoms with Crippen LogP contribution in [0.1, 0.15) is 12.5 Å². The standard InChI is InChI=1S/C13H11NO4/c1-8(15)10-11(16)13(18)14(12(10)17)7-9-5-3-2-4-6-9/h2-6,10H,7H2,1H3/t10-/m1/s1. The second kappa shape index (κ2) is 4.52. The Hall–Kier alpha value is -2.30. The van der Waals surface area contributed by atoms with Gasteiger partial charge in [0, 0.05) is 0 Å². The van der Waals surface area contributed by atoms with E-state index >= 15 is 0 Å². The molecule has 5 heteroatoms. The number of hydrogen-bond acceptors (Lipinski definition) is 4. The molecule has 5 nitrogen and oxygen atoms in total. The monoisotopic (exact) mass is 245 g/mol. The molecule has 92 valence electrons. The van der Waals surface area contributed by atoms with Gasteiger partial charge in [0.05, 0.1) is 6.54 Å². The molecule has 0 aliphatic carbocycles. The van der Waals surface area contributed by atoms with Gasteiger partial charge in [-0.25, -0.2) is 0 Å². The molecule has 0 saturated carbocycles. The minimum absolute atomic E-state index is 0.0219. The number of likely N-dealkylation sites (tertiary alicyclic amines) is 1. The Morgan fingerprint density at radius 2 is 1.78 bits per heavy atom. The van der Waals surface area contributed by atoms with Crippen LogP contribution in [-0.4, -0.2) is 28.3 Å². The first kappa shape index (κ1) is 12.2. The highest BCUT2D eigenvalue weighted by atomic mass is 16.2. The molecule has 1 aromatic carbocycles. The van der Waals surface area contributed by atoms with E-state index in [0.717, 1.165) is 17.4 Å². The van der Waals surface area contributed by atoms with Crippen LogP contribution in [0.15, 0.2) is 30.3 Å². The lowest BCUT2D eigenvalue weighted by Crippen LogP contribution is -2.31. The number of carbonyl (C=O) groups is 4. The van der Waals surface area contributed by atoms with Gasteiger partial charge in [0.2, 0.25) is 11.7 Å². The number of nitrogens with zero attached hydrogens (tertiary/aromatic N) is 1. The molecule has 1 aliphatic heterocycles. The molecule has 2 amide bonds. The third-order valence-corrected chi connectivity index (χ3v) is 2.82. The number of amides is 2. The predicted molar refractivity (Wildman–Crippen MR) is 61.2 cm³/mol. The van der Waals surface area contributed by atoms with Gasteiger partial charge in [0.1, 0.15) is 5.78 Å². The molecule has 1 aliphatic rings. The van der Waals surface area contributed by atoms with Crippen molar-refractivity contribution in [2.24, 2.45) is 5.92 Å². The van der Waals surface area contributed by atoms with E-state index in [1.54, 1.807) is 30.3 Å². The largest absolute Gasteiger partial charge is 0.299 e. The Balaban J connectivity index is 2.25. The first-order valence-corrected chi connectivity index (χ1v) is 5.46. The first-order valence-electron chi connectivity index (χ1n) is 5.46. The van der Waals surface area contributed by atoms with Gasteiger partial charge in [-0.2, -0.15) is 0 Å². The molecule has 2 rings (SSSR count). The van der Waals surface area contributed by atoms with Crippen molar-refractivity contribution in [3.05, 3.63) is 35.9 Å². The summed E-state index contributed by atoms with van der Waals surface area (Å²) in [5.74, 6) is -4.58. The SMILES string of the molecule is CC(=O)[C@@H]1C(=O)C(=O)N(Cc2ccccc2)C1=O. The van der Waals surface area contributed by atoms with Gasteiger partial charge in [-0.1, -0.05) is 30.3 Å². The lowest BCUT2D eigenvalue weighted by molar-refractivity contribution is -0.143. The number of ketones is 2. The Bertz CT molecular complexity index is 535. The van der Waals surface area contributed by atoms with Gasteiger partial charge in [-0.15, -0.1) is 0 Å². The van der Waals surface area contributed by atoms with E-state index in [4.69, 9.17) is 0 Å². The third-order valence-electron chi connectivity index (χ3n) is 2.82. The van der Waals surface area contributed by atoms with Crippen molar-refractivity contribution in [1.29, 1.82) is 0 Å². The fourth-order valence-corrected chi connectivity index (χ4v) is 1.90. The number of hydrogen-bond donors (Lipinski definition) is 0. The lowest BCUT2D eigenvalue weighted by Gasteiger charge is -2.13. The molecule has 0 radical (unpaired) electrons.